The van der Waals surface area contributed by atoms with Crippen LogP contribution >= 0.6 is 15.9 Å². The zero-order valence-corrected chi connectivity index (χ0v) is 13.0. The molecule has 106 valence electrons. The molecule has 0 saturated carbocycles. The first-order valence-corrected chi connectivity index (χ1v) is 7.28. The van der Waals surface area contributed by atoms with Gasteiger partial charge in [0.15, 0.2) is 0 Å². The molecule has 0 aliphatic rings. The van der Waals surface area contributed by atoms with E-state index in [0.29, 0.717) is 11.4 Å². The molecule has 1 heterocycles. The number of fused-ring (bicyclic) bond motifs is 1. The molecule has 3 rings (SSSR count). The summed E-state index contributed by atoms with van der Waals surface area (Å²) in [5.74, 6) is -0.192. The van der Waals surface area contributed by atoms with Crippen molar-refractivity contribution >= 4 is 44.1 Å². The zero-order valence-electron chi connectivity index (χ0n) is 11.4. The summed E-state index contributed by atoms with van der Waals surface area (Å²) >= 11 is 3.42. The van der Waals surface area contributed by atoms with Crippen molar-refractivity contribution in [2.75, 3.05) is 11.1 Å². The summed E-state index contributed by atoms with van der Waals surface area (Å²) in [6.07, 6.45) is 0. The van der Waals surface area contributed by atoms with E-state index in [4.69, 9.17) is 5.73 Å². The maximum atomic E-state index is 12.3. The van der Waals surface area contributed by atoms with Crippen LogP contribution in [0.3, 0.4) is 0 Å². The van der Waals surface area contributed by atoms with Crippen molar-refractivity contribution in [3.63, 3.8) is 0 Å². The van der Waals surface area contributed by atoms with Gasteiger partial charge in [-0.1, -0.05) is 28.1 Å². The molecule has 21 heavy (non-hydrogen) atoms. The fourth-order valence-corrected chi connectivity index (χ4v) is 2.92. The average Bonchev–Trinajstić information content (AvgIpc) is 2.83. The summed E-state index contributed by atoms with van der Waals surface area (Å²) < 4.78 is 0.929. The summed E-state index contributed by atoms with van der Waals surface area (Å²) in [6, 6.07) is 13.2. The topological polar surface area (TPSA) is 70.9 Å². The molecule has 0 aliphatic heterocycles. The predicted octanol–water partition coefficient (Wildman–Crippen LogP) is 4.07. The normalized spacial score (nSPS) is 10.8. The Balaban J connectivity index is 1.91. The van der Waals surface area contributed by atoms with Gasteiger partial charge in [0, 0.05) is 15.5 Å². The lowest BCUT2D eigenvalue weighted by Gasteiger charge is -2.05. The third-order valence-corrected chi connectivity index (χ3v) is 3.69. The van der Waals surface area contributed by atoms with Crippen molar-refractivity contribution in [2.24, 2.45) is 0 Å². The van der Waals surface area contributed by atoms with Crippen LogP contribution in [0.5, 0.6) is 0 Å². The maximum Gasteiger partial charge on any atom is 0.272 e. The van der Waals surface area contributed by atoms with Crippen LogP contribution in [0.25, 0.3) is 10.9 Å². The molecule has 0 saturated heterocycles. The van der Waals surface area contributed by atoms with Crippen molar-refractivity contribution in [1.82, 2.24) is 4.98 Å². The Morgan fingerprint density at radius 1 is 1.24 bits per heavy atom. The van der Waals surface area contributed by atoms with E-state index >= 15 is 0 Å². The first-order chi connectivity index (χ1) is 10.0. The second-order valence-electron chi connectivity index (χ2n) is 4.97. The number of carbonyl (C=O) groups excluding carboxylic acids is 1. The minimum atomic E-state index is -0.192. The molecular formula is C16H14BrN3O. The number of anilines is 2. The molecule has 0 fully saturated rings. The van der Waals surface area contributed by atoms with Crippen molar-refractivity contribution in [3.8, 4) is 0 Å². The summed E-state index contributed by atoms with van der Waals surface area (Å²) in [5.41, 5.74) is 9.61. The molecule has 0 aliphatic carbocycles. The van der Waals surface area contributed by atoms with E-state index in [2.05, 4.69) is 26.2 Å². The third kappa shape index (κ3) is 2.78. The number of benzene rings is 2. The van der Waals surface area contributed by atoms with Crippen LogP contribution in [0.4, 0.5) is 11.4 Å². The molecule has 5 heteroatoms. The molecule has 0 radical (unpaired) electrons. The molecule has 4 nitrogen and oxygen atoms in total. The number of hydrogen-bond acceptors (Lipinski definition) is 2. The maximum absolute atomic E-state index is 12.3. The summed E-state index contributed by atoms with van der Waals surface area (Å²) in [5, 5.41) is 3.80. The fourth-order valence-electron chi connectivity index (χ4n) is 2.31. The molecule has 0 bridgehead atoms. The summed E-state index contributed by atoms with van der Waals surface area (Å²) in [6.45, 7) is 1.98. The lowest BCUT2D eigenvalue weighted by molar-refractivity contribution is 0.102. The molecule has 0 spiro atoms. The number of para-hydroxylation sites is 1. The number of aromatic amines is 1. The Kier molecular flexibility index (Phi) is 3.43. The monoisotopic (exact) mass is 343 g/mol. The number of nitrogen functional groups attached to an aromatic ring is 1. The molecule has 3 aromatic rings. The molecule has 1 amide bonds. The number of rotatable bonds is 2. The quantitative estimate of drug-likeness (QED) is 0.613. The van der Waals surface area contributed by atoms with Crippen LogP contribution in [0.1, 0.15) is 16.1 Å². The standard InChI is InChI=1S/C16H14BrN3O/c1-9-5-11(17)8-12(6-9)19-16(21)14-7-10-3-2-4-13(18)15(10)20-14/h2-8,20H,18H2,1H3,(H,19,21). The molecule has 4 N–H and O–H groups in total. The lowest BCUT2D eigenvalue weighted by atomic mass is 10.2. The van der Waals surface area contributed by atoms with E-state index in [-0.39, 0.29) is 5.91 Å². The van der Waals surface area contributed by atoms with Gasteiger partial charge in [0.2, 0.25) is 0 Å². The van der Waals surface area contributed by atoms with Crippen LogP contribution in [-0.2, 0) is 0 Å². The average molecular weight is 344 g/mol. The minimum absolute atomic E-state index is 0.192. The van der Waals surface area contributed by atoms with Gasteiger partial charge in [-0.05, 0) is 42.8 Å². The number of hydrogen-bond donors (Lipinski definition) is 3. The number of aromatic nitrogens is 1. The number of aryl methyl sites for hydroxylation is 1. The van der Waals surface area contributed by atoms with Gasteiger partial charge in [0.1, 0.15) is 5.69 Å². The SMILES string of the molecule is Cc1cc(Br)cc(NC(=O)c2cc3cccc(N)c3[nH]2)c1. The van der Waals surface area contributed by atoms with Gasteiger partial charge in [-0.25, -0.2) is 0 Å². The van der Waals surface area contributed by atoms with E-state index in [1.165, 1.54) is 0 Å². The predicted molar refractivity (Wildman–Crippen MR) is 89.5 cm³/mol. The van der Waals surface area contributed by atoms with Gasteiger partial charge in [-0.3, -0.25) is 4.79 Å². The van der Waals surface area contributed by atoms with Crippen LogP contribution in [0.2, 0.25) is 0 Å². The van der Waals surface area contributed by atoms with E-state index in [0.717, 1.165) is 26.6 Å². The molecule has 2 aromatic carbocycles. The number of carbonyl (C=O) groups is 1. The van der Waals surface area contributed by atoms with Crippen molar-refractivity contribution in [1.29, 1.82) is 0 Å². The third-order valence-electron chi connectivity index (χ3n) is 3.23. The Morgan fingerprint density at radius 3 is 2.76 bits per heavy atom. The molecule has 0 unspecified atom stereocenters. The minimum Gasteiger partial charge on any atom is -0.397 e. The van der Waals surface area contributed by atoms with Crippen molar-refractivity contribution < 1.29 is 4.79 Å². The largest absolute Gasteiger partial charge is 0.397 e. The van der Waals surface area contributed by atoms with Gasteiger partial charge < -0.3 is 16.0 Å². The lowest BCUT2D eigenvalue weighted by Crippen LogP contribution is -2.12. The number of halogens is 1. The summed E-state index contributed by atoms with van der Waals surface area (Å²) in [7, 11) is 0. The Morgan fingerprint density at radius 2 is 2.05 bits per heavy atom. The number of nitrogens with two attached hydrogens (primary N) is 1. The van der Waals surface area contributed by atoms with E-state index in [9.17, 15) is 4.79 Å². The number of nitrogens with one attached hydrogen (secondary N) is 2. The van der Waals surface area contributed by atoms with Crippen LogP contribution < -0.4 is 11.1 Å². The Hall–Kier alpha value is -2.27. The van der Waals surface area contributed by atoms with Gasteiger partial charge >= 0.3 is 0 Å². The smallest absolute Gasteiger partial charge is 0.272 e. The first kappa shape index (κ1) is 13.7. The van der Waals surface area contributed by atoms with Crippen LogP contribution in [0.15, 0.2) is 46.9 Å². The molecular weight excluding hydrogens is 330 g/mol. The Bertz CT molecular complexity index is 818. The molecule has 0 atom stereocenters. The van der Waals surface area contributed by atoms with Gasteiger partial charge in [-0.2, -0.15) is 0 Å². The van der Waals surface area contributed by atoms with Crippen molar-refractivity contribution in [3.05, 3.63) is 58.2 Å². The summed E-state index contributed by atoms with van der Waals surface area (Å²) in [4.78, 5) is 15.4. The number of amides is 1. The first-order valence-electron chi connectivity index (χ1n) is 6.49. The van der Waals surface area contributed by atoms with Gasteiger partial charge in [-0.15, -0.1) is 0 Å². The highest BCUT2D eigenvalue weighted by molar-refractivity contribution is 9.10. The Labute approximate surface area is 130 Å². The highest BCUT2D eigenvalue weighted by Gasteiger charge is 2.11. The second kappa shape index (κ2) is 5.26. The number of H-pyrrole nitrogens is 1. The second-order valence-corrected chi connectivity index (χ2v) is 5.88. The van der Waals surface area contributed by atoms with E-state index < -0.39 is 0 Å². The van der Waals surface area contributed by atoms with Crippen molar-refractivity contribution in [2.45, 2.75) is 6.92 Å². The highest BCUT2D eigenvalue weighted by atomic mass is 79.9. The highest BCUT2D eigenvalue weighted by Crippen LogP contribution is 2.23. The molecule has 1 aromatic heterocycles. The zero-order chi connectivity index (χ0) is 15.0. The fraction of sp³-hybridized carbons (Fsp3) is 0.0625. The van der Waals surface area contributed by atoms with Gasteiger partial charge in [0.25, 0.3) is 5.91 Å². The van der Waals surface area contributed by atoms with Gasteiger partial charge in [0.05, 0.1) is 11.2 Å². The van der Waals surface area contributed by atoms with Crippen LogP contribution in [-0.4, -0.2) is 10.9 Å². The van der Waals surface area contributed by atoms with E-state index in [1.807, 2.05) is 37.3 Å². The van der Waals surface area contributed by atoms with Crippen LogP contribution in [0, 0.1) is 6.92 Å². The van der Waals surface area contributed by atoms with E-state index in [1.54, 1.807) is 12.1 Å².